The third-order valence-corrected chi connectivity index (χ3v) is 1.89. The molecule has 0 aliphatic heterocycles. The van der Waals surface area contributed by atoms with Gasteiger partial charge in [-0.3, -0.25) is 9.59 Å². The van der Waals surface area contributed by atoms with Gasteiger partial charge in [0.25, 0.3) is 0 Å². The molecule has 6 heteroatoms. The third kappa shape index (κ3) is 6.72. The van der Waals surface area contributed by atoms with Gasteiger partial charge in [-0.1, -0.05) is 0 Å². The molecule has 1 atom stereocenters. The molecule has 0 radical (unpaired) electrons. The molecule has 0 rings (SSSR count). The first-order chi connectivity index (χ1) is 7.61. The van der Waals surface area contributed by atoms with Gasteiger partial charge in [0.15, 0.2) is 0 Å². The normalized spacial score (nSPS) is 12.3. The number of nitrogens with two attached hydrogens (primary N) is 1. The number of hydrogen-bond donors (Lipinski definition) is 3. The van der Waals surface area contributed by atoms with Gasteiger partial charge in [0.1, 0.15) is 12.3 Å². The average Bonchev–Trinajstić information content (AvgIpc) is 2.25. The smallest absolute Gasteiger partial charge is 0.326 e. The number of aliphatic carboxylic acids is 1. The first-order valence-corrected chi connectivity index (χ1v) is 4.97. The van der Waals surface area contributed by atoms with E-state index in [-0.39, 0.29) is 0 Å². The van der Waals surface area contributed by atoms with E-state index in [4.69, 9.17) is 10.8 Å². The standard InChI is InChI=1S/C10H16N2O4/c11-6-2-1-4-8(10(15)16)12-9(14)5-3-7-13/h3,5,7-8H,1-2,4,6,11H2,(H,12,14)(H,15,16)/b5-3+/t8-/m1/s1. The number of carboxylic acids is 1. The second-order valence-corrected chi connectivity index (χ2v) is 3.18. The highest BCUT2D eigenvalue weighted by atomic mass is 16.4. The largest absolute Gasteiger partial charge is 0.480 e. The fraction of sp³-hybridized carbons (Fsp3) is 0.500. The van der Waals surface area contributed by atoms with E-state index in [1.54, 1.807) is 0 Å². The van der Waals surface area contributed by atoms with Crippen LogP contribution in [0, 0.1) is 0 Å². The Kier molecular flexibility index (Phi) is 7.70. The number of unbranched alkanes of at least 4 members (excludes halogenated alkanes) is 1. The number of allylic oxidation sites excluding steroid dienone is 1. The Balaban J connectivity index is 4.12. The van der Waals surface area contributed by atoms with E-state index in [9.17, 15) is 14.4 Å². The zero-order valence-electron chi connectivity index (χ0n) is 8.89. The summed E-state index contributed by atoms with van der Waals surface area (Å²) < 4.78 is 0. The summed E-state index contributed by atoms with van der Waals surface area (Å²) in [7, 11) is 0. The number of nitrogens with one attached hydrogen (secondary N) is 1. The van der Waals surface area contributed by atoms with E-state index in [0.717, 1.165) is 12.2 Å². The van der Waals surface area contributed by atoms with Gasteiger partial charge in [-0.15, -0.1) is 0 Å². The number of aldehydes is 1. The SMILES string of the molecule is NCCCC[C@@H](NC(=O)/C=C/C=O)C(=O)O. The lowest BCUT2D eigenvalue weighted by atomic mass is 10.1. The summed E-state index contributed by atoms with van der Waals surface area (Å²) in [6.07, 6.45) is 4.12. The molecule has 0 aromatic heterocycles. The minimum atomic E-state index is -1.09. The van der Waals surface area contributed by atoms with Crippen LogP contribution in [-0.2, 0) is 14.4 Å². The van der Waals surface area contributed by atoms with Crippen molar-refractivity contribution in [1.29, 1.82) is 0 Å². The minimum Gasteiger partial charge on any atom is -0.480 e. The number of hydrogen-bond acceptors (Lipinski definition) is 4. The molecule has 6 nitrogen and oxygen atoms in total. The summed E-state index contributed by atoms with van der Waals surface area (Å²) >= 11 is 0. The van der Waals surface area contributed by atoms with Crippen LogP contribution in [0.1, 0.15) is 19.3 Å². The summed E-state index contributed by atoms with van der Waals surface area (Å²) in [6, 6.07) is -0.935. The zero-order valence-corrected chi connectivity index (χ0v) is 8.89. The number of carbonyl (C=O) groups excluding carboxylic acids is 2. The van der Waals surface area contributed by atoms with E-state index in [1.807, 2.05) is 0 Å². The van der Waals surface area contributed by atoms with Gasteiger partial charge in [0.2, 0.25) is 5.91 Å². The van der Waals surface area contributed by atoms with Crippen LogP contribution in [0.25, 0.3) is 0 Å². The Bertz CT molecular complexity index is 276. The Hall–Kier alpha value is -1.69. The van der Waals surface area contributed by atoms with E-state index < -0.39 is 17.9 Å². The maximum absolute atomic E-state index is 11.1. The molecule has 0 saturated carbocycles. The van der Waals surface area contributed by atoms with Crippen LogP contribution in [0.15, 0.2) is 12.2 Å². The van der Waals surface area contributed by atoms with Crippen molar-refractivity contribution in [3.63, 3.8) is 0 Å². The van der Waals surface area contributed by atoms with Crippen LogP contribution in [0.3, 0.4) is 0 Å². The molecular formula is C10H16N2O4. The Morgan fingerprint density at radius 2 is 2.06 bits per heavy atom. The van der Waals surface area contributed by atoms with E-state index >= 15 is 0 Å². The summed E-state index contributed by atoms with van der Waals surface area (Å²) in [6.45, 7) is 0.491. The molecule has 0 aliphatic rings. The van der Waals surface area contributed by atoms with E-state index in [1.165, 1.54) is 0 Å². The van der Waals surface area contributed by atoms with Crippen LogP contribution in [0.5, 0.6) is 0 Å². The fourth-order valence-corrected chi connectivity index (χ4v) is 1.10. The first kappa shape index (κ1) is 14.3. The van der Waals surface area contributed by atoms with Crippen molar-refractivity contribution in [2.75, 3.05) is 6.54 Å². The third-order valence-electron chi connectivity index (χ3n) is 1.89. The molecule has 0 spiro atoms. The molecule has 0 aliphatic carbocycles. The summed E-state index contributed by atoms with van der Waals surface area (Å²) in [4.78, 5) is 31.8. The van der Waals surface area contributed by atoms with Gasteiger partial charge in [-0.25, -0.2) is 4.79 Å². The second-order valence-electron chi connectivity index (χ2n) is 3.18. The molecule has 4 N–H and O–H groups in total. The molecule has 0 aromatic carbocycles. The van der Waals surface area contributed by atoms with Crippen molar-refractivity contribution in [2.24, 2.45) is 5.73 Å². The Morgan fingerprint density at radius 1 is 1.38 bits per heavy atom. The van der Waals surface area contributed by atoms with Crippen molar-refractivity contribution in [1.82, 2.24) is 5.32 Å². The molecule has 0 saturated heterocycles. The number of carboxylic acid groups (broad SMARTS) is 1. The van der Waals surface area contributed by atoms with Crippen molar-refractivity contribution in [2.45, 2.75) is 25.3 Å². The molecular weight excluding hydrogens is 212 g/mol. The zero-order chi connectivity index (χ0) is 12.4. The highest BCUT2D eigenvalue weighted by molar-refractivity contribution is 5.93. The van der Waals surface area contributed by atoms with Crippen molar-refractivity contribution < 1.29 is 19.5 Å². The predicted molar refractivity (Wildman–Crippen MR) is 57.7 cm³/mol. The van der Waals surface area contributed by atoms with Crippen LogP contribution in [0.2, 0.25) is 0 Å². The van der Waals surface area contributed by atoms with Gasteiger partial charge in [0.05, 0.1) is 0 Å². The van der Waals surface area contributed by atoms with Crippen LogP contribution in [0.4, 0.5) is 0 Å². The van der Waals surface area contributed by atoms with Gasteiger partial charge >= 0.3 is 5.97 Å². The average molecular weight is 228 g/mol. The first-order valence-electron chi connectivity index (χ1n) is 4.97. The second kappa shape index (κ2) is 8.60. The Morgan fingerprint density at radius 3 is 2.56 bits per heavy atom. The Labute approximate surface area is 93.5 Å². The molecule has 1 amide bonds. The van der Waals surface area contributed by atoms with Crippen LogP contribution in [-0.4, -0.2) is 35.9 Å². The molecule has 0 fully saturated rings. The molecule has 0 heterocycles. The van der Waals surface area contributed by atoms with Crippen molar-refractivity contribution in [3.05, 3.63) is 12.2 Å². The summed E-state index contributed by atoms with van der Waals surface area (Å²) in [5, 5.41) is 11.1. The van der Waals surface area contributed by atoms with Crippen molar-refractivity contribution >= 4 is 18.2 Å². The van der Waals surface area contributed by atoms with Gasteiger partial charge in [0, 0.05) is 6.08 Å². The lowest BCUT2D eigenvalue weighted by molar-refractivity contribution is -0.141. The van der Waals surface area contributed by atoms with Crippen molar-refractivity contribution in [3.8, 4) is 0 Å². The van der Waals surface area contributed by atoms with Gasteiger partial charge < -0.3 is 16.2 Å². The van der Waals surface area contributed by atoms with E-state index in [0.29, 0.717) is 32.1 Å². The van der Waals surface area contributed by atoms with Gasteiger partial charge in [-0.05, 0) is 31.9 Å². The number of amides is 1. The summed E-state index contributed by atoms with van der Waals surface area (Å²) in [5.41, 5.74) is 5.27. The van der Waals surface area contributed by atoms with E-state index in [2.05, 4.69) is 5.32 Å². The lowest BCUT2D eigenvalue weighted by Crippen LogP contribution is -2.40. The quantitative estimate of drug-likeness (QED) is 0.293. The predicted octanol–water partition coefficient (Wildman–Crippen LogP) is -0.560. The monoisotopic (exact) mass is 228 g/mol. The number of carbonyl (C=O) groups is 3. The van der Waals surface area contributed by atoms with Crippen LogP contribution >= 0.6 is 0 Å². The number of rotatable bonds is 8. The molecule has 90 valence electrons. The van der Waals surface area contributed by atoms with Gasteiger partial charge in [-0.2, -0.15) is 0 Å². The molecule has 16 heavy (non-hydrogen) atoms. The highest BCUT2D eigenvalue weighted by Crippen LogP contribution is 2.00. The minimum absolute atomic E-state index is 0.327. The molecule has 0 unspecified atom stereocenters. The highest BCUT2D eigenvalue weighted by Gasteiger charge is 2.17. The van der Waals surface area contributed by atoms with Crippen LogP contribution < -0.4 is 11.1 Å². The fourth-order valence-electron chi connectivity index (χ4n) is 1.10. The topological polar surface area (TPSA) is 109 Å². The maximum Gasteiger partial charge on any atom is 0.326 e. The molecule has 0 aromatic rings. The molecule has 0 bridgehead atoms. The maximum atomic E-state index is 11.1. The summed E-state index contributed by atoms with van der Waals surface area (Å²) in [5.74, 6) is -1.68. The lowest BCUT2D eigenvalue weighted by Gasteiger charge is -2.12.